The number of thioether (sulfide) groups is 2. The minimum atomic E-state index is -0.465. The molecule has 0 amide bonds. The van der Waals surface area contributed by atoms with Gasteiger partial charge < -0.3 is 5.73 Å². The maximum Gasteiger partial charge on any atom is 0.146 e. The van der Waals surface area contributed by atoms with Crippen molar-refractivity contribution in [3.05, 3.63) is 29.6 Å². The fraction of sp³-hybridized carbons (Fsp3) is 0.500. The van der Waals surface area contributed by atoms with E-state index in [9.17, 15) is 4.79 Å². The molecule has 0 aromatic carbocycles. The number of pyridine rings is 1. The zero-order valence-electron chi connectivity index (χ0n) is 12.4. The summed E-state index contributed by atoms with van der Waals surface area (Å²) in [6.45, 7) is 3.53. The Morgan fingerprint density at radius 1 is 1.52 bits per heavy atom. The van der Waals surface area contributed by atoms with Crippen molar-refractivity contribution in [2.45, 2.75) is 36.8 Å². The highest BCUT2D eigenvalue weighted by atomic mass is 32.2. The van der Waals surface area contributed by atoms with E-state index in [4.69, 9.17) is 5.73 Å². The molecule has 1 aromatic rings. The van der Waals surface area contributed by atoms with Gasteiger partial charge >= 0.3 is 0 Å². The first kappa shape index (κ1) is 16.3. The topological polar surface area (TPSA) is 71.6 Å². The van der Waals surface area contributed by atoms with E-state index in [2.05, 4.69) is 10.1 Å². The molecule has 1 aliphatic heterocycles. The molecule has 2 heterocycles. The fourth-order valence-electron chi connectivity index (χ4n) is 1.91. The third-order valence-corrected chi connectivity index (χ3v) is 5.74. The summed E-state index contributed by atoms with van der Waals surface area (Å²) in [4.78, 5) is 15.8. The van der Waals surface area contributed by atoms with Crippen LogP contribution in [-0.2, 0) is 17.0 Å². The van der Waals surface area contributed by atoms with E-state index in [-0.39, 0.29) is 5.78 Å². The van der Waals surface area contributed by atoms with Crippen molar-refractivity contribution in [3.63, 3.8) is 0 Å². The van der Waals surface area contributed by atoms with Crippen LogP contribution >= 0.6 is 23.5 Å². The Morgan fingerprint density at radius 2 is 2.24 bits per heavy atom. The molecule has 2 unspecified atom stereocenters. The van der Waals surface area contributed by atoms with Gasteiger partial charge in [-0.1, -0.05) is 17.8 Å². The number of hydrogen-bond donors (Lipinski definition) is 1. The van der Waals surface area contributed by atoms with Crippen LogP contribution in [0.5, 0.6) is 0 Å². The Bertz CT molecular complexity index is 550. The Hall–Kier alpha value is -1.05. The molecule has 1 aromatic heterocycles. The van der Waals surface area contributed by atoms with Gasteiger partial charge in [0.25, 0.3) is 0 Å². The van der Waals surface area contributed by atoms with Crippen LogP contribution in [0.15, 0.2) is 23.3 Å². The zero-order chi connectivity index (χ0) is 15.4. The van der Waals surface area contributed by atoms with Crippen LogP contribution < -0.4 is 5.73 Å². The zero-order valence-corrected chi connectivity index (χ0v) is 14.1. The number of hydrazone groups is 1. The summed E-state index contributed by atoms with van der Waals surface area (Å²) in [6.07, 6.45) is 0.494. The molecule has 2 N–H and O–H groups in total. The summed E-state index contributed by atoms with van der Waals surface area (Å²) in [5.41, 5.74) is 7.66. The predicted octanol–water partition coefficient (Wildman–Crippen LogP) is 2.07. The molecule has 114 valence electrons. The van der Waals surface area contributed by atoms with Crippen molar-refractivity contribution in [3.8, 4) is 0 Å². The number of aromatic nitrogens is 1. The number of nitrogens with zero attached hydrogens (tertiary/aromatic N) is 3. The minimum absolute atomic E-state index is 0.00631. The second-order valence-electron chi connectivity index (χ2n) is 4.97. The van der Waals surface area contributed by atoms with Gasteiger partial charge in [-0.05, 0) is 26.0 Å². The molecule has 0 aliphatic carbocycles. The van der Waals surface area contributed by atoms with Gasteiger partial charge in [-0.25, -0.2) is 0 Å². The molecule has 0 saturated heterocycles. The summed E-state index contributed by atoms with van der Waals surface area (Å²) in [7, 11) is 1.98. The normalized spacial score (nSPS) is 19.5. The summed E-state index contributed by atoms with van der Waals surface area (Å²) >= 11 is 3.55. The number of rotatable bonds is 6. The third kappa shape index (κ3) is 4.72. The third-order valence-electron chi connectivity index (χ3n) is 3.06. The van der Waals surface area contributed by atoms with Gasteiger partial charge in [0.2, 0.25) is 0 Å². The van der Waals surface area contributed by atoms with Crippen molar-refractivity contribution < 1.29 is 4.79 Å². The van der Waals surface area contributed by atoms with Crippen LogP contribution in [-0.4, -0.2) is 38.6 Å². The van der Waals surface area contributed by atoms with Gasteiger partial charge in [0, 0.05) is 24.9 Å². The number of ketones is 1. The quantitative estimate of drug-likeness (QED) is 0.864. The molecule has 0 fully saturated rings. The first-order valence-electron chi connectivity index (χ1n) is 6.73. The van der Waals surface area contributed by atoms with Crippen molar-refractivity contribution in [2.75, 3.05) is 7.05 Å². The first-order chi connectivity index (χ1) is 9.95. The molecule has 0 radical (unpaired) electrons. The van der Waals surface area contributed by atoms with Gasteiger partial charge in [0.05, 0.1) is 16.8 Å². The van der Waals surface area contributed by atoms with Crippen LogP contribution in [0.2, 0.25) is 0 Å². The Labute approximate surface area is 133 Å². The monoisotopic (exact) mass is 324 g/mol. The Morgan fingerprint density at radius 3 is 2.86 bits per heavy atom. The summed E-state index contributed by atoms with van der Waals surface area (Å²) in [5.74, 6) is 0.807. The second-order valence-corrected chi connectivity index (χ2v) is 7.61. The van der Waals surface area contributed by atoms with E-state index in [1.165, 1.54) is 6.92 Å². The minimum Gasteiger partial charge on any atom is -0.321 e. The lowest BCUT2D eigenvalue weighted by Crippen LogP contribution is -2.30. The lowest BCUT2D eigenvalue weighted by Gasteiger charge is -2.17. The standard InChI is InChI=1S/C14H20N4OS2/c1-9(19)13(15)7-11-5-4-6-12(16-11)8-20-14-18(3)17-10(2)21-14/h4-6,13-14H,7-8,15H2,1-3H3. The van der Waals surface area contributed by atoms with Crippen LogP contribution in [0.1, 0.15) is 25.2 Å². The van der Waals surface area contributed by atoms with Crippen molar-refractivity contribution >= 4 is 34.4 Å². The van der Waals surface area contributed by atoms with Crippen LogP contribution in [0, 0.1) is 0 Å². The lowest BCUT2D eigenvalue weighted by molar-refractivity contribution is -0.118. The highest BCUT2D eigenvalue weighted by Crippen LogP contribution is 2.34. The van der Waals surface area contributed by atoms with Crippen LogP contribution in [0.3, 0.4) is 0 Å². The fourth-order valence-corrected chi connectivity index (χ4v) is 4.20. The van der Waals surface area contributed by atoms with Gasteiger partial charge in [0.1, 0.15) is 10.5 Å². The van der Waals surface area contributed by atoms with Gasteiger partial charge in [-0.3, -0.25) is 14.8 Å². The van der Waals surface area contributed by atoms with Crippen molar-refractivity contribution in [1.82, 2.24) is 9.99 Å². The summed E-state index contributed by atoms with van der Waals surface area (Å²) in [6, 6.07) is 5.43. The predicted molar refractivity (Wildman–Crippen MR) is 90.1 cm³/mol. The average Bonchev–Trinajstić information content (AvgIpc) is 2.75. The lowest BCUT2D eigenvalue weighted by atomic mass is 10.1. The second kappa shape index (κ2) is 7.29. The SMILES string of the molecule is CC(=O)C(N)Cc1cccc(CSC2SC(C)=NN2C)n1. The first-order valence-corrected chi connectivity index (χ1v) is 8.65. The van der Waals surface area contributed by atoms with Crippen LogP contribution in [0.4, 0.5) is 0 Å². The smallest absolute Gasteiger partial charge is 0.146 e. The molecule has 0 spiro atoms. The van der Waals surface area contributed by atoms with E-state index in [1.807, 2.05) is 37.2 Å². The molecule has 0 saturated carbocycles. The Balaban J connectivity index is 1.91. The number of nitrogens with two attached hydrogens (primary N) is 1. The van der Waals surface area contributed by atoms with Gasteiger partial charge in [-0.15, -0.1) is 11.8 Å². The molecule has 1 aliphatic rings. The van der Waals surface area contributed by atoms with Crippen molar-refractivity contribution in [1.29, 1.82) is 0 Å². The summed E-state index contributed by atoms with van der Waals surface area (Å²) in [5, 5.41) is 7.44. The number of carbonyl (C=O) groups excluding carboxylic acids is 1. The molecule has 2 rings (SSSR count). The number of carbonyl (C=O) groups is 1. The molecule has 5 nitrogen and oxygen atoms in total. The number of hydrogen-bond acceptors (Lipinski definition) is 7. The van der Waals surface area contributed by atoms with Gasteiger partial charge in [0.15, 0.2) is 0 Å². The Kier molecular flexibility index (Phi) is 5.66. The molecule has 2 atom stereocenters. The van der Waals surface area contributed by atoms with E-state index in [1.54, 1.807) is 23.5 Å². The van der Waals surface area contributed by atoms with Crippen molar-refractivity contribution in [2.24, 2.45) is 10.8 Å². The molecule has 7 heteroatoms. The maximum absolute atomic E-state index is 11.2. The van der Waals surface area contributed by atoms with E-state index < -0.39 is 6.04 Å². The molecule has 21 heavy (non-hydrogen) atoms. The number of Topliss-reactive ketones (excluding diaryl/α,β-unsaturated/α-hetero) is 1. The maximum atomic E-state index is 11.2. The molecular weight excluding hydrogens is 304 g/mol. The van der Waals surface area contributed by atoms with E-state index >= 15 is 0 Å². The van der Waals surface area contributed by atoms with E-state index in [0.717, 1.165) is 22.2 Å². The van der Waals surface area contributed by atoms with E-state index in [0.29, 0.717) is 11.1 Å². The largest absolute Gasteiger partial charge is 0.321 e. The van der Waals surface area contributed by atoms with Gasteiger partial charge in [-0.2, -0.15) is 5.10 Å². The molecule has 0 bridgehead atoms. The molecular formula is C14H20N4OS2. The highest BCUT2D eigenvalue weighted by Gasteiger charge is 2.22. The summed E-state index contributed by atoms with van der Waals surface area (Å²) < 4.78 is 0.301. The van der Waals surface area contributed by atoms with Crippen LogP contribution in [0.25, 0.3) is 0 Å². The highest BCUT2D eigenvalue weighted by molar-refractivity contribution is 8.24. The average molecular weight is 324 g/mol.